The van der Waals surface area contributed by atoms with Crippen molar-refractivity contribution in [2.75, 3.05) is 0 Å². The van der Waals surface area contributed by atoms with E-state index in [2.05, 4.69) is 13.8 Å². The molecule has 1 aromatic rings. The Hall–Kier alpha value is -1.51. The first-order chi connectivity index (χ1) is 9.04. The first-order valence-electron chi connectivity index (χ1n) is 7.05. The number of rotatable bonds is 8. The molecule has 0 heterocycles. The lowest BCUT2D eigenvalue weighted by Crippen LogP contribution is -2.12. The number of aromatic carboxylic acids is 1. The zero-order chi connectivity index (χ0) is 14.3. The molecule has 1 rings (SSSR count). The van der Waals surface area contributed by atoms with Crippen molar-refractivity contribution in [3.8, 4) is 5.75 Å². The van der Waals surface area contributed by atoms with Crippen LogP contribution in [-0.4, -0.2) is 17.2 Å². The lowest BCUT2D eigenvalue weighted by atomic mass is 10.1. The summed E-state index contributed by atoms with van der Waals surface area (Å²) in [6, 6.07) is 5.14. The normalized spacial score (nSPS) is 12.2. The predicted octanol–water partition coefficient (Wildman–Crippen LogP) is 4.43. The van der Waals surface area contributed by atoms with Gasteiger partial charge in [-0.2, -0.15) is 0 Å². The van der Waals surface area contributed by atoms with E-state index in [1.54, 1.807) is 25.1 Å². The van der Waals surface area contributed by atoms with Crippen LogP contribution in [-0.2, 0) is 0 Å². The molecule has 0 saturated heterocycles. The van der Waals surface area contributed by atoms with Gasteiger partial charge in [-0.25, -0.2) is 4.79 Å². The number of carboxylic acid groups (broad SMARTS) is 1. The van der Waals surface area contributed by atoms with Crippen LogP contribution in [0.2, 0.25) is 0 Å². The molecule has 1 atom stereocenters. The fraction of sp³-hybridized carbons (Fsp3) is 0.562. The molecule has 0 aliphatic heterocycles. The molecule has 0 aliphatic rings. The van der Waals surface area contributed by atoms with Gasteiger partial charge in [0, 0.05) is 0 Å². The van der Waals surface area contributed by atoms with E-state index in [-0.39, 0.29) is 6.10 Å². The molecular weight excluding hydrogens is 240 g/mol. The molecule has 106 valence electrons. The highest BCUT2D eigenvalue weighted by atomic mass is 16.5. The fourth-order valence-electron chi connectivity index (χ4n) is 2.10. The molecular formula is C16H24O3. The third-order valence-corrected chi connectivity index (χ3v) is 3.23. The number of benzene rings is 1. The second-order valence-corrected chi connectivity index (χ2v) is 5.06. The summed E-state index contributed by atoms with van der Waals surface area (Å²) in [6.45, 7) is 6.06. The summed E-state index contributed by atoms with van der Waals surface area (Å²) in [6.07, 6.45) is 6.17. The SMILES string of the molecule is CCCCCCC(C)Oc1ccc(C(=O)O)c(C)c1. The smallest absolute Gasteiger partial charge is 0.335 e. The fourth-order valence-corrected chi connectivity index (χ4v) is 2.10. The average molecular weight is 264 g/mol. The van der Waals surface area contributed by atoms with E-state index in [0.29, 0.717) is 5.56 Å². The van der Waals surface area contributed by atoms with E-state index in [0.717, 1.165) is 17.7 Å². The van der Waals surface area contributed by atoms with Crippen molar-refractivity contribution in [2.45, 2.75) is 59.0 Å². The van der Waals surface area contributed by atoms with Gasteiger partial charge in [0.25, 0.3) is 0 Å². The van der Waals surface area contributed by atoms with Crippen LogP contribution in [0, 0.1) is 6.92 Å². The van der Waals surface area contributed by atoms with Gasteiger partial charge in [-0.05, 0) is 50.5 Å². The second-order valence-electron chi connectivity index (χ2n) is 5.06. The Balaban J connectivity index is 2.48. The highest BCUT2D eigenvalue weighted by Gasteiger charge is 2.09. The van der Waals surface area contributed by atoms with Crippen molar-refractivity contribution in [2.24, 2.45) is 0 Å². The van der Waals surface area contributed by atoms with E-state index < -0.39 is 5.97 Å². The van der Waals surface area contributed by atoms with Crippen molar-refractivity contribution >= 4 is 5.97 Å². The van der Waals surface area contributed by atoms with Crippen LogP contribution >= 0.6 is 0 Å². The highest BCUT2D eigenvalue weighted by Crippen LogP contribution is 2.20. The Morgan fingerprint density at radius 3 is 2.63 bits per heavy atom. The molecule has 0 fully saturated rings. The summed E-state index contributed by atoms with van der Waals surface area (Å²) in [4.78, 5) is 10.9. The number of unbranched alkanes of at least 4 members (excludes halogenated alkanes) is 3. The minimum Gasteiger partial charge on any atom is -0.491 e. The summed E-state index contributed by atoms with van der Waals surface area (Å²) in [5, 5.41) is 8.96. The van der Waals surface area contributed by atoms with Crippen molar-refractivity contribution in [1.82, 2.24) is 0 Å². The van der Waals surface area contributed by atoms with Crippen LogP contribution in [0.5, 0.6) is 5.75 Å². The average Bonchev–Trinajstić information content (AvgIpc) is 2.34. The van der Waals surface area contributed by atoms with Crippen LogP contribution in [0.25, 0.3) is 0 Å². The maximum absolute atomic E-state index is 10.9. The summed E-state index contributed by atoms with van der Waals surface area (Å²) in [5.41, 5.74) is 1.08. The number of hydrogen-bond acceptors (Lipinski definition) is 2. The van der Waals surface area contributed by atoms with Gasteiger partial charge >= 0.3 is 5.97 Å². The molecule has 0 radical (unpaired) electrons. The lowest BCUT2D eigenvalue weighted by molar-refractivity contribution is 0.0696. The molecule has 0 aliphatic carbocycles. The maximum Gasteiger partial charge on any atom is 0.335 e. The molecule has 0 spiro atoms. The third kappa shape index (κ3) is 5.33. The van der Waals surface area contributed by atoms with Gasteiger partial charge < -0.3 is 9.84 Å². The largest absolute Gasteiger partial charge is 0.491 e. The molecule has 3 heteroatoms. The van der Waals surface area contributed by atoms with Crippen molar-refractivity contribution < 1.29 is 14.6 Å². The van der Waals surface area contributed by atoms with Crippen molar-refractivity contribution in [3.05, 3.63) is 29.3 Å². The summed E-state index contributed by atoms with van der Waals surface area (Å²) in [7, 11) is 0. The zero-order valence-corrected chi connectivity index (χ0v) is 12.1. The number of ether oxygens (including phenoxy) is 1. The van der Waals surface area contributed by atoms with Crippen LogP contribution in [0.15, 0.2) is 18.2 Å². The predicted molar refractivity (Wildman–Crippen MR) is 77.0 cm³/mol. The third-order valence-electron chi connectivity index (χ3n) is 3.23. The van der Waals surface area contributed by atoms with E-state index in [9.17, 15) is 4.79 Å². The molecule has 1 unspecified atom stereocenters. The maximum atomic E-state index is 10.9. The Labute approximate surface area is 115 Å². The van der Waals surface area contributed by atoms with Crippen LogP contribution in [0.4, 0.5) is 0 Å². The molecule has 0 aromatic heterocycles. The van der Waals surface area contributed by atoms with Crippen LogP contribution in [0.1, 0.15) is 61.9 Å². The lowest BCUT2D eigenvalue weighted by Gasteiger charge is -2.15. The molecule has 19 heavy (non-hydrogen) atoms. The Morgan fingerprint density at radius 2 is 2.05 bits per heavy atom. The first-order valence-corrected chi connectivity index (χ1v) is 7.05. The monoisotopic (exact) mass is 264 g/mol. The molecule has 1 N–H and O–H groups in total. The van der Waals surface area contributed by atoms with Crippen LogP contribution in [0.3, 0.4) is 0 Å². The van der Waals surface area contributed by atoms with Gasteiger partial charge in [-0.3, -0.25) is 0 Å². The first kappa shape index (κ1) is 15.5. The van der Waals surface area contributed by atoms with Gasteiger partial charge in [0.2, 0.25) is 0 Å². The van der Waals surface area contributed by atoms with Crippen LogP contribution < -0.4 is 4.74 Å². The number of carbonyl (C=O) groups is 1. The van der Waals surface area contributed by atoms with Crippen molar-refractivity contribution in [1.29, 1.82) is 0 Å². The quantitative estimate of drug-likeness (QED) is 0.706. The van der Waals surface area contributed by atoms with Gasteiger partial charge in [-0.1, -0.05) is 26.2 Å². The molecule has 0 bridgehead atoms. The minimum atomic E-state index is -0.892. The Morgan fingerprint density at radius 1 is 1.32 bits per heavy atom. The highest BCUT2D eigenvalue weighted by molar-refractivity contribution is 5.89. The number of aryl methyl sites for hydroxylation is 1. The molecule has 1 aromatic carbocycles. The summed E-state index contributed by atoms with van der Waals surface area (Å²) < 4.78 is 5.82. The summed E-state index contributed by atoms with van der Waals surface area (Å²) >= 11 is 0. The van der Waals surface area contributed by atoms with Gasteiger partial charge in [0.1, 0.15) is 5.75 Å². The number of carboxylic acids is 1. The zero-order valence-electron chi connectivity index (χ0n) is 12.1. The van der Waals surface area contributed by atoms with E-state index >= 15 is 0 Å². The topological polar surface area (TPSA) is 46.5 Å². The standard InChI is InChI=1S/C16H24O3/c1-4-5-6-7-8-13(3)19-14-9-10-15(16(17)18)12(2)11-14/h9-11,13H,4-8H2,1-3H3,(H,17,18). The number of hydrogen-bond donors (Lipinski definition) is 1. The van der Waals surface area contributed by atoms with Gasteiger partial charge in [0.15, 0.2) is 0 Å². The van der Waals surface area contributed by atoms with Gasteiger partial charge in [-0.15, -0.1) is 0 Å². The van der Waals surface area contributed by atoms with E-state index in [4.69, 9.17) is 9.84 Å². The van der Waals surface area contributed by atoms with E-state index in [1.807, 2.05) is 0 Å². The molecule has 0 amide bonds. The second kappa shape index (κ2) is 7.82. The molecule has 3 nitrogen and oxygen atoms in total. The molecule has 0 saturated carbocycles. The Bertz CT molecular complexity index is 412. The van der Waals surface area contributed by atoms with Crippen molar-refractivity contribution in [3.63, 3.8) is 0 Å². The minimum absolute atomic E-state index is 0.173. The summed E-state index contributed by atoms with van der Waals surface area (Å²) in [5.74, 6) is -0.137. The van der Waals surface area contributed by atoms with E-state index in [1.165, 1.54) is 25.7 Å². The Kier molecular flexibility index (Phi) is 6.40. The van der Waals surface area contributed by atoms with Gasteiger partial charge in [0.05, 0.1) is 11.7 Å².